The molecule has 9 rings (SSSR count). The van der Waals surface area contributed by atoms with E-state index in [1.54, 1.807) is 0 Å². The molecule has 0 saturated heterocycles. The minimum absolute atomic E-state index is 0.823. The summed E-state index contributed by atoms with van der Waals surface area (Å²) >= 11 is 0. The second-order valence-electron chi connectivity index (χ2n) is 12.5. The van der Waals surface area contributed by atoms with E-state index in [9.17, 15) is 0 Å². The third-order valence-electron chi connectivity index (χ3n) is 9.75. The van der Waals surface area contributed by atoms with Crippen molar-refractivity contribution in [2.75, 3.05) is 0 Å². The standard InChI is InChI=1S/C46H31OP/c47-48(40-24-16-34(17-25-40)32-8-3-1-4-9-32,41-26-18-35(19-27-41)33-10-5-2-6-11-33)42-28-20-36(21-29-42)43-30-22-39-15-14-37-12-7-13-38-23-31-44(43)46(39)45(37)38/h1-31H. The zero-order valence-electron chi connectivity index (χ0n) is 26.3. The van der Waals surface area contributed by atoms with E-state index in [4.69, 9.17) is 0 Å². The summed E-state index contributed by atoms with van der Waals surface area (Å²) in [5.74, 6) is 0. The molecule has 9 aromatic carbocycles. The second kappa shape index (κ2) is 11.5. The third kappa shape index (κ3) is 4.67. The Labute approximate surface area is 280 Å². The summed E-state index contributed by atoms with van der Waals surface area (Å²) in [5, 5.41) is 10.1. The van der Waals surface area contributed by atoms with Gasteiger partial charge in [-0.3, -0.25) is 0 Å². The van der Waals surface area contributed by atoms with Crippen molar-refractivity contribution in [3.05, 3.63) is 188 Å². The van der Waals surface area contributed by atoms with Gasteiger partial charge in [-0.1, -0.05) is 188 Å². The lowest BCUT2D eigenvalue weighted by Gasteiger charge is -2.21. The van der Waals surface area contributed by atoms with Crippen LogP contribution in [0.5, 0.6) is 0 Å². The number of rotatable bonds is 6. The fourth-order valence-corrected chi connectivity index (χ4v) is 9.88. The van der Waals surface area contributed by atoms with Crippen LogP contribution in [0.3, 0.4) is 0 Å². The highest BCUT2D eigenvalue weighted by atomic mass is 31.2. The maximum Gasteiger partial charge on any atom is 0.171 e. The van der Waals surface area contributed by atoms with Gasteiger partial charge in [0.25, 0.3) is 0 Å². The van der Waals surface area contributed by atoms with Crippen LogP contribution in [0.4, 0.5) is 0 Å². The van der Waals surface area contributed by atoms with E-state index < -0.39 is 7.14 Å². The molecule has 0 aromatic heterocycles. The lowest BCUT2D eigenvalue weighted by Crippen LogP contribution is -2.25. The average Bonchev–Trinajstić information content (AvgIpc) is 3.17. The van der Waals surface area contributed by atoms with E-state index in [0.29, 0.717) is 0 Å². The maximum atomic E-state index is 15.6. The van der Waals surface area contributed by atoms with Crippen LogP contribution in [0.15, 0.2) is 188 Å². The van der Waals surface area contributed by atoms with Crippen LogP contribution in [0.2, 0.25) is 0 Å². The summed E-state index contributed by atoms with van der Waals surface area (Å²) in [6, 6.07) is 65.5. The van der Waals surface area contributed by atoms with Crippen molar-refractivity contribution in [2.24, 2.45) is 0 Å². The average molecular weight is 631 g/mol. The lowest BCUT2D eigenvalue weighted by atomic mass is 9.90. The molecule has 0 radical (unpaired) electrons. The van der Waals surface area contributed by atoms with Crippen molar-refractivity contribution in [2.45, 2.75) is 0 Å². The third-order valence-corrected chi connectivity index (χ3v) is 12.8. The SMILES string of the molecule is O=P(c1ccc(-c2ccccc2)cc1)(c1ccc(-c2ccccc2)cc1)c1ccc(-c2ccc3ccc4cccc5ccc2c3c45)cc1. The fraction of sp³-hybridized carbons (Fsp3) is 0. The smallest absolute Gasteiger partial charge is 0.171 e. The van der Waals surface area contributed by atoms with Crippen LogP contribution in [-0.4, -0.2) is 0 Å². The molecule has 0 aliphatic rings. The molecule has 0 heterocycles. The monoisotopic (exact) mass is 630 g/mol. The highest BCUT2D eigenvalue weighted by Gasteiger charge is 2.30. The zero-order chi connectivity index (χ0) is 32.1. The van der Waals surface area contributed by atoms with Crippen molar-refractivity contribution in [1.29, 1.82) is 0 Å². The van der Waals surface area contributed by atoms with Crippen LogP contribution in [0.25, 0.3) is 65.7 Å². The summed E-state index contributed by atoms with van der Waals surface area (Å²) in [6.45, 7) is 0. The van der Waals surface area contributed by atoms with Gasteiger partial charge in [-0.05, 0) is 65.7 Å². The molecule has 0 aliphatic heterocycles. The first-order chi connectivity index (χ1) is 23.7. The Morgan fingerprint density at radius 1 is 0.292 bits per heavy atom. The normalized spacial score (nSPS) is 11.8. The Morgan fingerprint density at radius 3 is 1.19 bits per heavy atom. The van der Waals surface area contributed by atoms with E-state index in [0.717, 1.165) is 43.7 Å². The molecule has 0 N–H and O–H groups in total. The molecule has 0 bridgehead atoms. The van der Waals surface area contributed by atoms with Crippen LogP contribution in [-0.2, 0) is 4.57 Å². The molecule has 1 nitrogen and oxygen atoms in total. The van der Waals surface area contributed by atoms with Gasteiger partial charge >= 0.3 is 0 Å². The molecule has 0 aliphatic carbocycles. The van der Waals surface area contributed by atoms with Gasteiger partial charge in [0.2, 0.25) is 0 Å². The Morgan fingerprint density at radius 2 is 0.688 bits per heavy atom. The molecule has 0 saturated carbocycles. The molecule has 9 aromatic rings. The lowest BCUT2D eigenvalue weighted by molar-refractivity contribution is 0.592. The molecule has 0 amide bonds. The second-order valence-corrected chi connectivity index (χ2v) is 15.2. The van der Waals surface area contributed by atoms with E-state index in [1.807, 2.05) is 60.7 Å². The molecule has 0 atom stereocenters. The highest BCUT2D eigenvalue weighted by Crippen LogP contribution is 2.44. The summed E-state index contributed by atoms with van der Waals surface area (Å²) in [7, 11) is -3.21. The summed E-state index contributed by atoms with van der Waals surface area (Å²) in [4.78, 5) is 0. The Kier molecular flexibility index (Phi) is 6.82. The van der Waals surface area contributed by atoms with Gasteiger partial charge in [-0.15, -0.1) is 0 Å². The topological polar surface area (TPSA) is 17.1 Å². The van der Waals surface area contributed by atoms with Crippen molar-refractivity contribution < 1.29 is 4.57 Å². The van der Waals surface area contributed by atoms with Gasteiger partial charge in [0, 0.05) is 15.9 Å². The predicted molar refractivity (Wildman–Crippen MR) is 206 cm³/mol. The molecular formula is C46H31OP. The van der Waals surface area contributed by atoms with E-state index >= 15 is 4.57 Å². The van der Waals surface area contributed by atoms with Crippen molar-refractivity contribution in [3.8, 4) is 33.4 Å². The van der Waals surface area contributed by atoms with Gasteiger partial charge in [0.1, 0.15) is 0 Å². The summed E-state index contributed by atoms with van der Waals surface area (Å²) < 4.78 is 15.6. The molecule has 0 spiro atoms. The van der Waals surface area contributed by atoms with Crippen molar-refractivity contribution >= 4 is 55.4 Å². The fourth-order valence-electron chi connectivity index (χ4n) is 7.27. The first-order valence-corrected chi connectivity index (χ1v) is 18.1. The van der Waals surface area contributed by atoms with Crippen LogP contribution < -0.4 is 15.9 Å². The predicted octanol–water partition coefficient (Wildman–Crippen LogP) is 11.2. The highest BCUT2D eigenvalue weighted by molar-refractivity contribution is 7.85. The van der Waals surface area contributed by atoms with E-state index in [2.05, 4.69) is 127 Å². The van der Waals surface area contributed by atoms with Crippen LogP contribution in [0, 0.1) is 0 Å². The Hall–Kier alpha value is -5.75. The van der Waals surface area contributed by atoms with Crippen molar-refractivity contribution in [3.63, 3.8) is 0 Å². The Balaban J connectivity index is 1.16. The zero-order valence-corrected chi connectivity index (χ0v) is 27.1. The molecule has 226 valence electrons. The first kappa shape index (κ1) is 28.5. The van der Waals surface area contributed by atoms with Gasteiger partial charge in [0.15, 0.2) is 7.14 Å². The quantitative estimate of drug-likeness (QED) is 0.132. The molecule has 0 unspecified atom stereocenters. The largest absolute Gasteiger partial charge is 0.309 e. The Bertz CT molecular complexity index is 2480. The van der Waals surface area contributed by atoms with Gasteiger partial charge in [-0.25, -0.2) is 0 Å². The van der Waals surface area contributed by atoms with E-state index in [1.165, 1.54) is 37.9 Å². The summed E-state index contributed by atoms with van der Waals surface area (Å²) in [5.41, 5.74) is 6.79. The van der Waals surface area contributed by atoms with Crippen LogP contribution >= 0.6 is 7.14 Å². The molecule has 2 heteroatoms. The molecule has 0 fully saturated rings. The number of benzene rings is 9. The first-order valence-electron chi connectivity index (χ1n) is 16.4. The summed E-state index contributed by atoms with van der Waals surface area (Å²) in [6.07, 6.45) is 0. The van der Waals surface area contributed by atoms with Gasteiger partial charge in [0.05, 0.1) is 0 Å². The van der Waals surface area contributed by atoms with Gasteiger partial charge < -0.3 is 4.57 Å². The minimum atomic E-state index is -3.21. The van der Waals surface area contributed by atoms with Gasteiger partial charge in [-0.2, -0.15) is 0 Å². The number of hydrogen-bond donors (Lipinski definition) is 0. The number of hydrogen-bond acceptors (Lipinski definition) is 1. The van der Waals surface area contributed by atoms with E-state index in [-0.39, 0.29) is 0 Å². The minimum Gasteiger partial charge on any atom is -0.309 e. The molecule has 48 heavy (non-hydrogen) atoms. The molecular weight excluding hydrogens is 599 g/mol. The maximum absolute atomic E-state index is 15.6. The van der Waals surface area contributed by atoms with Crippen molar-refractivity contribution in [1.82, 2.24) is 0 Å². The van der Waals surface area contributed by atoms with Crippen LogP contribution in [0.1, 0.15) is 0 Å².